The van der Waals surface area contributed by atoms with E-state index in [2.05, 4.69) is 34.0 Å². The molecule has 1 rings (SSSR count). The Bertz CT molecular complexity index is 355. The predicted octanol–water partition coefficient (Wildman–Crippen LogP) is 1.52. The fraction of sp³-hybridized carbons (Fsp3) is 0.700. The zero-order valence-corrected chi connectivity index (χ0v) is 9.79. The molecule has 5 heteroatoms. The van der Waals surface area contributed by atoms with Crippen LogP contribution in [0.2, 0.25) is 0 Å². The van der Waals surface area contributed by atoms with Crippen LogP contribution in [0.25, 0.3) is 0 Å². The Balaban J connectivity index is 3.15. The zero-order chi connectivity index (χ0) is 11.6. The molecule has 0 unspecified atom stereocenters. The molecule has 15 heavy (non-hydrogen) atoms. The maximum atomic E-state index is 11.4. The summed E-state index contributed by atoms with van der Waals surface area (Å²) in [6.45, 7) is 8.22. The lowest BCUT2D eigenvalue weighted by molar-refractivity contribution is 0.0590. The SMILES string of the molecule is COC(=O)c1n[nH]nc1C(C)(C)C(C)C. The minimum atomic E-state index is -0.451. The van der Waals surface area contributed by atoms with Crippen molar-refractivity contribution >= 4 is 5.97 Å². The van der Waals surface area contributed by atoms with Gasteiger partial charge in [0.1, 0.15) is 5.69 Å². The van der Waals surface area contributed by atoms with E-state index in [9.17, 15) is 4.79 Å². The number of methoxy groups -OCH3 is 1. The van der Waals surface area contributed by atoms with Crippen molar-refractivity contribution in [1.82, 2.24) is 15.4 Å². The van der Waals surface area contributed by atoms with Crippen molar-refractivity contribution in [3.05, 3.63) is 11.4 Å². The number of hydrogen-bond donors (Lipinski definition) is 1. The highest BCUT2D eigenvalue weighted by atomic mass is 16.5. The molecule has 0 amide bonds. The lowest BCUT2D eigenvalue weighted by Crippen LogP contribution is -2.27. The second-order valence-corrected chi connectivity index (χ2v) is 4.39. The number of ether oxygens (including phenoxy) is 1. The van der Waals surface area contributed by atoms with E-state index < -0.39 is 5.97 Å². The van der Waals surface area contributed by atoms with Crippen molar-refractivity contribution in [2.45, 2.75) is 33.1 Å². The summed E-state index contributed by atoms with van der Waals surface area (Å²) in [5.41, 5.74) is 0.719. The molecule has 1 heterocycles. The summed E-state index contributed by atoms with van der Waals surface area (Å²) in [6.07, 6.45) is 0. The van der Waals surface area contributed by atoms with Gasteiger partial charge in [-0.1, -0.05) is 27.7 Å². The average molecular weight is 211 g/mol. The van der Waals surface area contributed by atoms with E-state index in [0.717, 1.165) is 0 Å². The van der Waals surface area contributed by atoms with Crippen LogP contribution in [0.5, 0.6) is 0 Å². The highest BCUT2D eigenvalue weighted by molar-refractivity contribution is 5.88. The normalized spacial score (nSPS) is 11.9. The monoisotopic (exact) mass is 211 g/mol. The van der Waals surface area contributed by atoms with Crippen molar-refractivity contribution in [2.75, 3.05) is 7.11 Å². The van der Waals surface area contributed by atoms with E-state index in [0.29, 0.717) is 11.6 Å². The van der Waals surface area contributed by atoms with Gasteiger partial charge in [-0.25, -0.2) is 4.79 Å². The molecule has 5 nitrogen and oxygen atoms in total. The lowest BCUT2D eigenvalue weighted by Gasteiger charge is -2.27. The van der Waals surface area contributed by atoms with Gasteiger partial charge >= 0.3 is 5.97 Å². The van der Waals surface area contributed by atoms with Gasteiger partial charge in [0.25, 0.3) is 0 Å². The van der Waals surface area contributed by atoms with Gasteiger partial charge in [-0.05, 0) is 5.92 Å². The number of nitrogens with zero attached hydrogens (tertiary/aromatic N) is 2. The zero-order valence-electron chi connectivity index (χ0n) is 9.79. The molecule has 0 bridgehead atoms. The lowest BCUT2D eigenvalue weighted by atomic mass is 9.77. The van der Waals surface area contributed by atoms with E-state index in [4.69, 9.17) is 0 Å². The molecule has 1 aromatic heterocycles. The number of nitrogens with one attached hydrogen (secondary N) is 1. The number of aromatic nitrogens is 3. The molecule has 0 saturated heterocycles. The number of carbonyl (C=O) groups is 1. The van der Waals surface area contributed by atoms with Crippen LogP contribution in [0.4, 0.5) is 0 Å². The van der Waals surface area contributed by atoms with Crippen molar-refractivity contribution in [2.24, 2.45) is 5.92 Å². The summed E-state index contributed by atoms with van der Waals surface area (Å²) in [5, 5.41) is 10.3. The number of hydrogen-bond acceptors (Lipinski definition) is 4. The first-order valence-electron chi connectivity index (χ1n) is 4.90. The smallest absolute Gasteiger partial charge is 0.360 e. The quantitative estimate of drug-likeness (QED) is 0.770. The third kappa shape index (κ3) is 2.00. The maximum absolute atomic E-state index is 11.4. The van der Waals surface area contributed by atoms with Crippen molar-refractivity contribution in [3.8, 4) is 0 Å². The first-order chi connectivity index (χ1) is 6.91. The molecule has 0 saturated carbocycles. The molecule has 0 atom stereocenters. The molecule has 0 radical (unpaired) electrons. The first kappa shape index (κ1) is 11.7. The summed E-state index contributed by atoms with van der Waals surface area (Å²) in [7, 11) is 1.34. The van der Waals surface area contributed by atoms with E-state index in [1.165, 1.54) is 7.11 Å². The summed E-state index contributed by atoms with van der Waals surface area (Å²) in [6, 6.07) is 0. The molecule has 0 aliphatic heterocycles. The minimum absolute atomic E-state index is 0.212. The average Bonchev–Trinajstić information content (AvgIpc) is 2.65. The van der Waals surface area contributed by atoms with Crippen LogP contribution < -0.4 is 0 Å². The second-order valence-electron chi connectivity index (χ2n) is 4.39. The van der Waals surface area contributed by atoms with Gasteiger partial charge < -0.3 is 4.74 Å². The van der Waals surface area contributed by atoms with Gasteiger partial charge in [-0.2, -0.15) is 10.3 Å². The van der Waals surface area contributed by atoms with Crippen molar-refractivity contribution in [1.29, 1.82) is 0 Å². The van der Waals surface area contributed by atoms with Gasteiger partial charge in [0, 0.05) is 5.41 Å². The van der Waals surface area contributed by atoms with E-state index in [1.807, 2.05) is 13.8 Å². The first-order valence-corrected chi connectivity index (χ1v) is 4.90. The second kappa shape index (κ2) is 4.00. The van der Waals surface area contributed by atoms with Crippen LogP contribution in [0.1, 0.15) is 43.9 Å². The number of carbonyl (C=O) groups excluding carboxylic acids is 1. The largest absolute Gasteiger partial charge is 0.464 e. The Morgan fingerprint density at radius 1 is 1.40 bits per heavy atom. The topological polar surface area (TPSA) is 67.9 Å². The fourth-order valence-corrected chi connectivity index (χ4v) is 1.19. The Hall–Kier alpha value is -1.39. The molecule has 0 fully saturated rings. The Morgan fingerprint density at radius 3 is 2.47 bits per heavy atom. The highest BCUT2D eigenvalue weighted by Crippen LogP contribution is 2.31. The van der Waals surface area contributed by atoms with Gasteiger partial charge in [-0.15, -0.1) is 5.10 Å². The number of esters is 1. The molecule has 1 N–H and O–H groups in total. The molecule has 0 aromatic carbocycles. The van der Waals surface area contributed by atoms with Crippen LogP contribution in [-0.2, 0) is 10.2 Å². The summed E-state index contributed by atoms with van der Waals surface area (Å²) in [4.78, 5) is 11.4. The maximum Gasteiger partial charge on any atom is 0.360 e. The van der Waals surface area contributed by atoms with Crippen LogP contribution in [0, 0.1) is 5.92 Å². The van der Waals surface area contributed by atoms with E-state index >= 15 is 0 Å². The molecule has 84 valence electrons. The number of H-pyrrole nitrogens is 1. The summed E-state index contributed by atoms with van der Waals surface area (Å²) >= 11 is 0. The fourth-order valence-electron chi connectivity index (χ4n) is 1.19. The van der Waals surface area contributed by atoms with Crippen LogP contribution in [0.15, 0.2) is 0 Å². The standard InChI is InChI=1S/C10H17N3O2/c1-6(2)10(3,4)8-7(9(14)15-5)11-13-12-8/h6H,1-5H3,(H,11,12,13). The van der Waals surface area contributed by atoms with Gasteiger partial charge in [0.2, 0.25) is 0 Å². The Kier molecular flexibility index (Phi) is 3.12. The van der Waals surface area contributed by atoms with Gasteiger partial charge in [-0.3, -0.25) is 0 Å². The van der Waals surface area contributed by atoms with Crippen LogP contribution in [0.3, 0.4) is 0 Å². The molecular formula is C10H17N3O2. The van der Waals surface area contributed by atoms with Crippen LogP contribution >= 0.6 is 0 Å². The van der Waals surface area contributed by atoms with Crippen molar-refractivity contribution in [3.63, 3.8) is 0 Å². The predicted molar refractivity (Wildman–Crippen MR) is 55.6 cm³/mol. The molecule has 0 aliphatic carbocycles. The molecule has 0 spiro atoms. The summed E-state index contributed by atoms with van der Waals surface area (Å²) in [5.74, 6) is -0.0986. The molecular weight excluding hydrogens is 194 g/mol. The highest BCUT2D eigenvalue weighted by Gasteiger charge is 2.33. The van der Waals surface area contributed by atoms with E-state index in [1.54, 1.807) is 0 Å². The third-order valence-corrected chi connectivity index (χ3v) is 2.98. The van der Waals surface area contributed by atoms with Gasteiger partial charge in [0.05, 0.1) is 7.11 Å². The third-order valence-electron chi connectivity index (χ3n) is 2.98. The number of aromatic amines is 1. The van der Waals surface area contributed by atoms with E-state index in [-0.39, 0.29) is 11.1 Å². The molecule has 1 aromatic rings. The Morgan fingerprint density at radius 2 is 2.00 bits per heavy atom. The molecule has 0 aliphatic rings. The Labute approximate surface area is 89.2 Å². The van der Waals surface area contributed by atoms with Gasteiger partial charge in [0.15, 0.2) is 5.69 Å². The minimum Gasteiger partial charge on any atom is -0.464 e. The van der Waals surface area contributed by atoms with Crippen molar-refractivity contribution < 1.29 is 9.53 Å². The number of rotatable bonds is 3. The summed E-state index contributed by atoms with van der Waals surface area (Å²) < 4.78 is 4.65. The van der Waals surface area contributed by atoms with Crippen LogP contribution in [-0.4, -0.2) is 28.5 Å².